The maximum Gasteiger partial charge on any atom is 0.335 e. The molecule has 0 unspecified atom stereocenters. The van der Waals surface area contributed by atoms with Crippen molar-refractivity contribution >= 4 is 34.5 Å². The van der Waals surface area contributed by atoms with E-state index in [1.807, 2.05) is 42.5 Å². The number of benzene rings is 3. The van der Waals surface area contributed by atoms with Gasteiger partial charge in [0.15, 0.2) is 0 Å². The maximum atomic E-state index is 13.1. The molecule has 1 amide bonds. The lowest BCUT2D eigenvalue weighted by molar-refractivity contribution is -0.110. The molecular formula is C28H28N4O3. The fourth-order valence-corrected chi connectivity index (χ4v) is 4.59. The van der Waals surface area contributed by atoms with Gasteiger partial charge in [-0.1, -0.05) is 42.5 Å². The lowest BCUT2D eigenvalue weighted by Crippen LogP contribution is -2.43. The highest BCUT2D eigenvalue weighted by molar-refractivity contribution is 6.37. The van der Waals surface area contributed by atoms with Gasteiger partial charge in [-0.25, -0.2) is 4.79 Å². The molecule has 0 aromatic heterocycles. The number of fused-ring (bicyclic) bond motifs is 1. The summed E-state index contributed by atoms with van der Waals surface area (Å²) in [7, 11) is 2.15. The van der Waals surface area contributed by atoms with E-state index in [9.17, 15) is 14.7 Å². The number of anilines is 2. The van der Waals surface area contributed by atoms with Crippen LogP contribution in [0.1, 0.15) is 27.0 Å². The van der Waals surface area contributed by atoms with E-state index < -0.39 is 5.97 Å². The van der Waals surface area contributed by atoms with E-state index in [0.717, 1.165) is 44.0 Å². The Hall–Kier alpha value is -3.94. The molecule has 0 bridgehead atoms. The summed E-state index contributed by atoms with van der Waals surface area (Å²) in [5.41, 5.74) is 5.30. The minimum absolute atomic E-state index is 0.138. The summed E-state index contributed by atoms with van der Waals surface area (Å²) in [4.78, 5) is 29.5. The molecule has 1 fully saturated rings. The van der Waals surface area contributed by atoms with Gasteiger partial charge in [-0.3, -0.25) is 9.69 Å². The number of hydrogen-bond donors (Lipinski definition) is 3. The molecule has 2 heterocycles. The number of aromatic carboxylic acids is 1. The van der Waals surface area contributed by atoms with Crippen LogP contribution in [-0.2, 0) is 11.3 Å². The van der Waals surface area contributed by atoms with Crippen molar-refractivity contribution in [1.82, 2.24) is 9.80 Å². The second-order valence-electron chi connectivity index (χ2n) is 9.04. The van der Waals surface area contributed by atoms with Crippen molar-refractivity contribution in [3.63, 3.8) is 0 Å². The second kappa shape index (κ2) is 9.74. The molecule has 0 radical (unpaired) electrons. The number of rotatable bonds is 6. The van der Waals surface area contributed by atoms with Crippen molar-refractivity contribution in [3.05, 3.63) is 95.1 Å². The first-order valence-corrected chi connectivity index (χ1v) is 11.7. The van der Waals surface area contributed by atoms with Gasteiger partial charge < -0.3 is 20.6 Å². The zero-order valence-electron chi connectivity index (χ0n) is 19.6. The molecule has 0 atom stereocenters. The number of carbonyl (C=O) groups is 2. The average Bonchev–Trinajstić information content (AvgIpc) is 3.19. The summed E-state index contributed by atoms with van der Waals surface area (Å²) in [5, 5.41) is 15.9. The zero-order chi connectivity index (χ0) is 24.4. The van der Waals surface area contributed by atoms with Crippen molar-refractivity contribution in [2.75, 3.05) is 43.9 Å². The summed E-state index contributed by atoms with van der Waals surface area (Å²) in [6.45, 7) is 5.07. The molecule has 0 spiro atoms. The maximum absolute atomic E-state index is 13.1. The zero-order valence-corrected chi connectivity index (χ0v) is 19.6. The Morgan fingerprint density at radius 1 is 0.943 bits per heavy atom. The summed E-state index contributed by atoms with van der Waals surface area (Å²) >= 11 is 0. The van der Waals surface area contributed by atoms with Gasteiger partial charge in [-0.05, 0) is 48.5 Å². The molecule has 0 aliphatic carbocycles. The molecule has 2 aliphatic heterocycles. The van der Waals surface area contributed by atoms with Crippen LogP contribution in [0.2, 0.25) is 0 Å². The van der Waals surface area contributed by atoms with E-state index in [-0.39, 0.29) is 11.5 Å². The quantitative estimate of drug-likeness (QED) is 0.473. The van der Waals surface area contributed by atoms with Crippen molar-refractivity contribution < 1.29 is 14.7 Å². The topological polar surface area (TPSA) is 84.9 Å². The Labute approximate surface area is 204 Å². The van der Waals surface area contributed by atoms with Crippen LogP contribution in [0.5, 0.6) is 0 Å². The molecular weight excluding hydrogens is 440 g/mol. The van der Waals surface area contributed by atoms with E-state index in [0.29, 0.717) is 22.5 Å². The number of carboxylic acid groups (broad SMARTS) is 1. The Morgan fingerprint density at radius 3 is 2.46 bits per heavy atom. The van der Waals surface area contributed by atoms with E-state index in [1.54, 1.807) is 12.1 Å². The molecule has 3 aromatic rings. The number of piperazine rings is 1. The van der Waals surface area contributed by atoms with Gasteiger partial charge in [-0.15, -0.1) is 0 Å². The van der Waals surface area contributed by atoms with Crippen LogP contribution in [0.25, 0.3) is 11.3 Å². The monoisotopic (exact) mass is 468 g/mol. The van der Waals surface area contributed by atoms with Crippen LogP contribution in [0.15, 0.2) is 72.8 Å². The van der Waals surface area contributed by atoms with Gasteiger partial charge in [0.25, 0.3) is 5.91 Å². The molecule has 7 nitrogen and oxygen atoms in total. The second-order valence-corrected chi connectivity index (χ2v) is 9.04. The minimum atomic E-state index is -1.03. The molecule has 0 saturated carbocycles. The predicted molar refractivity (Wildman–Crippen MR) is 138 cm³/mol. The molecule has 2 aliphatic rings. The summed E-state index contributed by atoms with van der Waals surface area (Å²) in [5.74, 6) is -1.29. The van der Waals surface area contributed by atoms with Gasteiger partial charge in [0.05, 0.1) is 16.8 Å². The van der Waals surface area contributed by atoms with Gasteiger partial charge in [0, 0.05) is 49.7 Å². The standard InChI is InChI=1S/C28H28N4O3/c1-31-12-14-32(15-13-31)18-19-6-5-9-22(16-19)29-26(20-7-3-2-4-8-20)25-23-17-21(28(34)35)10-11-24(23)30-27(25)33/h2-11,16-17,29H,12-15,18H2,1H3,(H,30,33)(H,34,35). The fraction of sp³-hybridized carbons (Fsp3) is 0.214. The number of nitrogens with zero attached hydrogens (tertiary/aromatic N) is 2. The number of amides is 1. The Kier molecular flexibility index (Phi) is 6.35. The Bertz CT molecular complexity index is 1290. The first-order chi connectivity index (χ1) is 17.0. The van der Waals surface area contributed by atoms with E-state index >= 15 is 0 Å². The highest BCUT2D eigenvalue weighted by atomic mass is 16.4. The van der Waals surface area contributed by atoms with Crippen LogP contribution < -0.4 is 10.6 Å². The van der Waals surface area contributed by atoms with Crippen molar-refractivity contribution in [2.45, 2.75) is 6.54 Å². The number of likely N-dealkylation sites (N-methyl/N-ethyl adjacent to an activating group) is 1. The highest BCUT2D eigenvalue weighted by Gasteiger charge is 2.29. The van der Waals surface area contributed by atoms with Crippen LogP contribution in [0.3, 0.4) is 0 Å². The van der Waals surface area contributed by atoms with Gasteiger partial charge in [0.1, 0.15) is 0 Å². The SMILES string of the molecule is CN1CCN(Cc2cccc(NC(=C3C(=O)Nc4ccc(C(=O)O)cc43)c3ccccc3)c2)CC1. The third-order valence-electron chi connectivity index (χ3n) is 6.52. The number of carbonyl (C=O) groups excluding carboxylic acids is 1. The molecule has 5 rings (SSSR count). The largest absolute Gasteiger partial charge is 0.478 e. The minimum Gasteiger partial charge on any atom is -0.478 e. The first-order valence-electron chi connectivity index (χ1n) is 11.7. The lowest BCUT2D eigenvalue weighted by atomic mass is 9.98. The summed E-state index contributed by atoms with van der Waals surface area (Å²) < 4.78 is 0. The Balaban J connectivity index is 1.52. The predicted octanol–water partition coefficient (Wildman–Crippen LogP) is 4.06. The molecule has 178 valence electrons. The van der Waals surface area contributed by atoms with Crippen LogP contribution in [-0.4, -0.2) is 60.0 Å². The van der Waals surface area contributed by atoms with Crippen LogP contribution in [0, 0.1) is 0 Å². The van der Waals surface area contributed by atoms with Crippen LogP contribution in [0.4, 0.5) is 11.4 Å². The van der Waals surface area contributed by atoms with Crippen LogP contribution >= 0.6 is 0 Å². The molecule has 3 N–H and O–H groups in total. The highest BCUT2D eigenvalue weighted by Crippen LogP contribution is 2.38. The molecule has 35 heavy (non-hydrogen) atoms. The average molecular weight is 469 g/mol. The third-order valence-corrected chi connectivity index (χ3v) is 6.52. The van der Waals surface area contributed by atoms with Gasteiger partial charge in [0.2, 0.25) is 0 Å². The normalized spacial score (nSPS) is 17.6. The molecule has 1 saturated heterocycles. The lowest BCUT2D eigenvalue weighted by Gasteiger charge is -2.32. The van der Waals surface area contributed by atoms with Crippen molar-refractivity contribution in [3.8, 4) is 0 Å². The van der Waals surface area contributed by atoms with Crippen molar-refractivity contribution in [2.24, 2.45) is 0 Å². The van der Waals surface area contributed by atoms with E-state index in [2.05, 4.69) is 39.6 Å². The first kappa shape index (κ1) is 22.8. The molecule has 3 aromatic carbocycles. The fourth-order valence-electron chi connectivity index (χ4n) is 4.59. The smallest absolute Gasteiger partial charge is 0.335 e. The van der Waals surface area contributed by atoms with Gasteiger partial charge in [-0.2, -0.15) is 0 Å². The number of nitrogens with one attached hydrogen (secondary N) is 2. The van der Waals surface area contributed by atoms with E-state index in [4.69, 9.17) is 0 Å². The number of carboxylic acids is 1. The Morgan fingerprint density at radius 2 is 1.71 bits per heavy atom. The molecule has 7 heteroatoms. The summed E-state index contributed by atoms with van der Waals surface area (Å²) in [6, 6.07) is 22.6. The number of hydrogen-bond acceptors (Lipinski definition) is 5. The summed E-state index contributed by atoms with van der Waals surface area (Å²) in [6.07, 6.45) is 0. The van der Waals surface area contributed by atoms with E-state index in [1.165, 1.54) is 11.6 Å². The third kappa shape index (κ3) is 4.96. The van der Waals surface area contributed by atoms with Crippen molar-refractivity contribution in [1.29, 1.82) is 0 Å². The van der Waals surface area contributed by atoms with Gasteiger partial charge >= 0.3 is 5.97 Å².